The normalized spacial score (nSPS) is 21.4. The van der Waals surface area contributed by atoms with Crippen molar-refractivity contribution in [3.8, 4) is 0 Å². The van der Waals surface area contributed by atoms with Gasteiger partial charge >= 0.3 is 6.03 Å². The van der Waals surface area contributed by atoms with Crippen LogP contribution in [0, 0.1) is 5.92 Å². The molecular formula is C11H16N2OS. The number of anilines is 1. The molecule has 0 saturated carbocycles. The molecule has 0 spiro atoms. The van der Waals surface area contributed by atoms with Crippen LogP contribution in [0.1, 0.15) is 19.8 Å². The van der Waals surface area contributed by atoms with Crippen LogP contribution < -0.4 is 5.32 Å². The minimum Gasteiger partial charge on any atom is -0.324 e. The van der Waals surface area contributed by atoms with Crippen LogP contribution in [0.3, 0.4) is 0 Å². The lowest BCUT2D eigenvalue weighted by molar-refractivity contribution is 0.182. The average Bonchev–Trinajstić information content (AvgIpc) is 2.70. The summed E-state index contributed by atoms with van der Waals surface area (Å²) in [5.74, 6) is 0.632. The van der Waals surface area contributed by atoms with E-state index in [1.54, 1.807) is 11.3 Å². The highest BCUT2D eigenvalue weighted by atomic mass is 32.1. The Hall–Kier alpha value is -1.03. The van der Waals surface area contributed by atoms with Crippen LogP contribution in [-0.2, 0) is 0 Å². The van der Waals surface area contributed by atoms with Crippen molar-refractivity contribution < 1.29 is 4.79 Å². The largest absolute Gasteiger partial charge is 0.324 e. The number of carbonyl (C=O) groups is 1. The second-order valence-electron chi connectivity index (χ2n) is 4.10. The Morgan fingerprint density at radius 3 is 3.20 bits per heavy atom. The standard InChI is InChI=1S/C11H16N2OS/c1-9-4-2-6-13(8-9)11(14)12-10-5-3-7-15-10/h3,5,7,9H,2,4,6,8H2,1H3,(H,12,14). The van der Waals surface area contributed by atoms with Gasteiger partial charge in [-0.3, -0.25) is 5.32 Å². The number of carbonyl (C=O) groups excluding carboxylic acids is 1. The molecule has 15 heavy (non-hydrogen) atoms. The number of piperidine rings is 1. The van der Waals surface area contributed by atoms with Gasteiger partial charge in [-0.1, -0.05) is 6.92 Å². The summed E-state index contributed by atoms with van der Waals surface area (Å²) in [5, 5.41) is 5.81. The van der Waals surface area contributed by atoms with Gasteiger partial charge in [-0.05, 0) is 36.3 Å². The summed E-state index contributed by atoms with van der Waals surface area (Å²) >= 11 is 1.56. The second-order valence-corrected chi connectivity index (χ2v) is 5.05. The first-order chi connectivity index (χ1) is 7.25. The van der Waals surface area contributed by atoms with Crippen molar-refractivity contribution in [2.24, 2.45) is 5.92 Å². The molecule has 1 aliphatic heterocycles. The fourth-order valence-electron chi connectivity index (χ4n) is 1.91. The highest BCUT2D eigenvalue weighted by Gasteiger charge is 2.20. The molecule has 1 aromatic heterocycles. The summed E-state index contributed by atoms with van der Waals surface area (Å²) in [4.78, 5) is 13.7. The van der Waals surface area contributed by atoms with E-state index in [0.29, 0.717) is 5.92 Å². The molecule has 1 fully saturated rings. The Balaban J connectivity index is 1.90. The van der Waals surface area contributed by atoms with E-state index in [2.05, 4.69) is 12.2 Å². The van der Waals surface area contributed by atoms with Gasteiger partial charge in [0.2, 0.25) is 0 Å². The van der Waals surface area contributed by atoms with Crippen LogP contribution in [0.4, 0.5) is 9.80 Å². The maximum atomic E-state index is 11.8. The van der Waals surface area contributed by atoms with E-state index in [-0.39, 0.29) is 6.03 Å². The molecule has 82 valence electrons. The topological polar surface area (TPSA) is 32.3 Å². The summed E-state index contributed by atoms with van der Waals surface area (Å²) in [6, 6.07) is 3.92. The van der Waals surface area contributed by atoms with Crippen molar-refractivity contribution >= 4 is 22.4 Å². The zero-order chi connectivity index (χ0) is 10.7. The minimum absolute atomic E-state index is 0.0454. The molecule has 1 saturated heterocycles. The van der Waals surface area contributed by atoms with Gasteiger partial charge < -0.3 is 4.90 Å². The van der Waals surface area contributed by atoms with Crippen molar-refractivity contribution in [1.29, 1.82) is 0 Å². The highest BCUT2D eigenvalue weighted by molar-refractivity contribution is 7.14. The van der Waals surface area contributed by atoms with Gasteiger partial charge in [-0.25, -0.2) is 4.79 Å². The molecule has 4 heteroatoms. The number of rotatable bonds is 1. The van der Waals surface area contributed by atoms with Gasteiger partial charge in [-0.2, -0.15) is 0 Å². The minimum atomic E-state index is 0.0454. The number of hydrogen-bond acceptors (Lipinski definition) is 2. The fourth-order valence-corrected chi connectivity index (χ4v) is 2.52. The van der Waals surface area contributed by atoms with Gasteiger partial charge in [0.25, 0.3) is 0 Å². The summed E-state index contributed by atoms with van der Waals surface area (Å²) in [6.45, 7) is 3.98. The number of nitrogens with one attached hydrogen (secondary N) is 1. The summed E-state index contributed by atoms with van der Waals surface area (Å²) in [6.07, 6.45) is 2.36. The molecule has 0 aromatic carbocycles. The SMILES string of the molecule is CC1CCCN(C(=O)Nc2cccs2)C1. The van der Waals surface area contributed by atoms with Crippen LogP contribution >= 0.6 is 11.3 Å². The van der Waals surface area contributed by atoms with E-state index in [1.165, 1.54) is 6.42 Å². The van der Waals surface area contributed by atoms with Gasteiger partial charge in [0.15, 0.2) is 0 Å². The lowest BCUT2D eigenvalue weighted by Gasteiger charge is -2.30. The first kappa shape index (κ1) is 10.5. The lowest BCUT2D eigenvalue weighted by atomic mass is 10.0. The Morgan fingerprint density at radius 1 is 1.67 bits per heavy atom. The maximum absolute atomic E-state index is 11.8. The quantitative estimate of drug-likeness (QED) is 0.781. The predicted octanol–water partition coefficient (Wildman–Crippen LogP) is 3.01. The lowest BCUT2D eigenvalue weighted by Crippen LogP contribution is -2.41. The van der Waals surface area contributed by atoms with E-state index in [4.69, 9.17) is 0 Å². The van der Waals surface area contributed by atoms with Crippen molar-refractivity contribution in [1.82, 2.24) is 4.90 Å². The average molecular weight is 224 g/mol. The zero-order valence-corrected chi connectivity index (χ0v) is 9.72. The van der Waals surface area contributed by atoms with E-state index >= 15 is 0 Å². The number of nitrogens with zero attached hydrogens (tertiary/aromatic N) is 1. The van der Waals surface area contributed by atoms with E-state index in [0.717, 1.165) is 24.5 Å². The summed E-state index contributed by atoms with van der Waals surface area (Å²) in [5.41, 5.74) is 0. The maximum Gasteiger partial charge on any atom is 0.322 e. The Labute approximate surface area is 94.1 Å². The predicted molar refractivity (Wildman–Crippen MR) is 63.3 cm³/mol. The number of urea groups is 1. The monoisotopic (exact) mass is 224 g/mol. The number of amides is 2. The van der Waals surface area contributed by atoms with Gasteiger partial charge in [0.1, 0.15) is 0 Å². The smallest absolute Gasteiger partial charge is 0.322 e. The highest BCUT2D eigenvalue weighted by Crippen LogP contribution is 2.19. The molecule has 2 amide bonds. The zero-order valence-electron chi connectivity index (χ0n) is 8.90. The number of hydrogen-bond donors (Lipinski definition) is 1. The first-order valence-electron chi connectivity index (χ1n) is 5.35. The Morgan fingerprint density at radius 2 is 2.53 bits per heavy atom. The molecule has 1 atom stereocenters. The molecule has 2 heterocycles. The van der Waals surface area contributed by atoms with E-state index in [1.807, 2.05) is 22.4 Å². The number of thiophene rings is 1. The molecule has 1 unspecified atom stereocenters. The fraction of sp³-hybridized carbons (Fsp3) is 0.545. The van der Waals surface area contributed by atoms with Crippen molar-refractivity contribution in [2.45, 2.75) is 19.8 Å². The van der Waals surface area contributed by atoms with Gasteiger partial charge in [-0.15, -0.1) is 11.3 Å². The van der Waals surface area contributed by atoms with Crippen LogP contribution in [-0.4, -0.2) is 24.0 Å². The molecule has 1 N–H and O–H groups in total. The van der Waals surface area contributed by atoms with Gasteiger partial charge in [0, 0.05) is 13.1 Å². The third-order valence-electron chi connectivity index (χ3n) is 2.70. The summed E-state index contributed by atoms with van der Waals surface area (Å²) < 4.78 is 0. The molecule has 2 rings (SSSR count). The van der Waals surface area contributed by atoms with E-state index in [9.17, 15) is 4.79 Å². The molecular weight excluding hydrogens is 208 g/mol. The third-order valence-corrected chi connectivity index (χ3v) is 3.48. The molecule has 1 aliphatic rings. The van der Waals surface area contributed by atoms with Crippen LogP contribution in [0.25, 0.3) is 0 Å². The first-order valence-corrected chi connectivity index (χ1v) is 6.23. The second kappa shape index (κ2) is 4.66. The van der Waals surface area contributed by atoms with Crippen molar-refractivity contribution in [3.63, 3.8) is 0 Å². The number of likely N-dealkylation sites (tertiary alicyclic amines) is 1. The van der Waals surface area contributed by atoms with Crippen LogP contribution in [0.2, 0.25) is 0 Å². The third kappa shape index (κ3) is 2.72. The van der Waals surface area contributed by atoms with Crippen molar-refractivity contribution in [3.05, 3.63) is 17.5 Å². The van der Waals surface area contributed by atoms with Gasteiger partial charge in [0.05, 0.1) is 5.00 Å². The molecule has 0 bridgehead atoms. The summed E-state index contributed by atoms with van der Waals surface area (Å²) in [7, 11) is 0. The van der Waals surface area contributed by atoms with Crippen molar-refractivity contribution in [2.75, 3.05) is 18.4 Å². The van der Waals surface area contributed by atoms with Crippen LogP contribution in [0.15, 0.2) is 17.5 Å². The van der Waals surface area contributed by atoms with Crippen LogP contribution in [0.5, 0.6) is 0 Å². The Kier molecular flexibility index (Phi) is 3.26. The molecule has 1 aromatic rings. The molecule has 0 radical (unpaired) electrons. The Bertz CT molecular complexity index is 323. The molecule has 3 nitrogen and oxygen atoms in total. The van der Waals surface area contributed by atoms with E-state index < -0.39 is 0 Å². The molecule has 0 aliphatic carbocycles.